The number of rotatable bonds is 9. The van der Waals surface area contributed by atoms with Crippen molar-refractivity contribution in [3.8, 4) is 11.1 Å². The van der Waals surface area contributed by atoms with Gasteiger partial charge in [-0.05, 0) is 53.4 Å². The van der Waals surface area contributed by atoms with Gasteiger partial charge in [-0.2, -0.15) is 0 Å². The molecule has 0 radical (unpaired) electrons. The van der Waals surface area contributed by atoms with E-state index in [0.717, 1.165) is 18.5 Å². The molecule has 2 aromatic rings. The smallest absolute Gasteiger partial charge is 0.340 e. The second-order valence-electron chi connectivity index (χ2n) is 7.20. The number of nitrogens with zero attached hydrogens (tertiary/aromatic N) is 1. The average molecular weight is 399 g/mol. The number of aromatic nitrogens is 1. The maximum absolute atomic E-state index is 12.9. The van der Waals surface area contributed by atoms with Crippen molar-refractivity contribution >= 4 is 17.7 Å². The Morgan fingerprint density at radius 1 is 1.10 bits per heavy atom. The molecule has 0 atom stereocenters. The molecule has 7 heteroatoms. The maximum atomic E-state index is 12.9. The summed E-state index contributed by atoms with van der Waals surface area (Å²) < 4.78 is 5.17. The van der Waals surface area contributed by atoms with Crippen molar-refractivity contribution in [3.63, 3.8) is 0 Å². The van der Waals surface area contributed by atoms with Crippen LogP contribution in [0.5, 0.6) is 0 Å². The van der Waals surface area contributed by atoms with E-state index in [4.69, 9.17) is 4.74 Å². The highest BCUT2D eigenvalue weighted by Crippen LogP contribution is 2.31. The first-order chi connectivity index (χ1) is 13.8. The maximum Gasteiger partial charge on any atom is 0.340 e. The summed E-state index contributed by atoms with van der Waals surface area (Å²) in [5.74, 6) is -1.93. The number of aromatic amines is 1. The Balaban J connectivity index is 2.39. The number of carbonyl (C=O) groups is 3. The van der Waals surface area contributed by atoms with Crippen molar-refractivity contribution in [2.75, 3.05) is 33.8 Å². The highest BCUT2D eigenvalue weighted by molar-refractivity contribution is 6.43. The van der Waals surface area contributed by atoms with Gasteiger partial charge in [-0.25, -0.2) is 4.79 Å². The minimum Gasteiger partial charge on any atom is -0.462 e. The fourth-order valence-corrected chi connectivity index (χ4v) is 3.05. The van der Waals surface area contributed by atoms with Gasteiger partial charge < -0.3 is 19.9 Å². The Kier molecular flexibility index (Phi) is 7.73. The molecule has 1 heterocycles. The minimum absolute atomic E-state index is 0.0968. The molecule has 0 aliphatic carbocycles. The Morgan fingerprint density at radius 2 is 1.76 bits per heavy atom. The Bertz CT molecular complexity index is 882. The van der Waals surface area contributed by atoms with E-state index < -0.39 is 17.7 Å². The summed E-state index contributed by atoms with van der Waals surface area (Å²) in [6, 6.07) is 7.43. The predicted octanol–water partition coefficient (Wildman–Crippen LogP) is 2.73. The third-order valence-electron chi connectivity index (χ3n) is 4.51. The largest absolute Gasteiger partial charge is 0.462 e. The summed E-state index contributed by atoms with van der Waals surface area (Å²) in [5.41, 5.74) is 2.98. The first-order valence-electron chi connectivity index (χ1n) is 9.70. The number of aryl methyl sites for hydroxylation is 2. The van der Waals surface area contributed by atoms with Gasteiger partial charge in [0.1, 0.15) is 5.69 Å². The van der Waals surface area contributed by atoms with E-state index in [0.29, 0.717) is 23.4 Å². The Morgan fingerprint density at radius 3 is 2.34 bits per heavy atom. The molecule has 0 aliphatic heterocycles. The van der Waals surface area contributed by atoms with Gasteiger partial charge in [0.05, 0.1) is 12.2 Å². The van der Waals surface area contributed by atoms with Crippen molar-refractivity contribution in [3.05, 3.63) is 46.8 Å². The van der Waals surface area contributed by atoms with Crippen LogP contribution in [-0.4, -0.2) is 61.3 Å². The molecule has 0 unspecified atom stereocenters. The summed E-state index contributed by atoms with van der Waals surface area (Å²) in [5, 5.41) is 2.66. The van der Waals surface area contributed by atoms with Crippen LogP contribution in [0.15, 0.2) is 24.3 Å². The summed E-state index contributed by atoms with van der Waals surface area (Å²) in [7, 11) is 3.89. The monoisotopic (exact) mass is 399 g/mol. The van der Waals surface area contributed by atoms with Gasteiger partial charge in [-0.3, -0.25) is 9.59 Å². The van der Waals surface area contributed by atoms with E-state index in [1.54, 1.807) is 13.8 Å². The molecule has 2 N–H and O–H groups in total. The standard InChI is InChI=1S/C22H29N3O4/c1-6-29-22(28)17-15(3)24-19(18(17)16-10-8-14(2)9-11-16)20(26)21(27)23-12-7-13-25(4)5/h8-11,24H,6-7,12-13H2,1-5H3,(H,23,27). The SMILES string of the molecule is CCOC(=O)c1c(C)[nH]c(C(=O)C(=O)NCCCN(C)C)c1-c1ccc(C)cc1. The molecule has 7 nitrogen and oxygen atoms in total. The molecule has 156 valence electrons. The number of esters is 1. The molecule has 1 amide bonds. The van der Waals surface area contributed by atoms with Crippen molar-refractivity contribution in [1.82, 2.24) is 15.2 Å². The number of ketones is 1. The Labute approximate surface area is 171 Å². The van der Waals surface area contributed by atoms with Crippen LogP contribution in [0.25, 0.3) is 11.1 Å². The van der Waals surface area contributed by atoms with Crippen LogP contribution in [0.3, 0.4) is 0 Å². The third-order valence-corrected chi connectivity index (χ3v) is 4.51. The number of H-pyrrole nitrogens is 1. The molecule has 29 heavy (non-hydrogen) atoms. The van der Waals surface area contributed by atoms with Gasteiger partial charge >= 0.3 is 5.97 Å². The predicted molar refractivity (Wildman–Crippen MR) is 112 cm³/mol. The van der Waals surface area contributed by atoms with Crippen LogP contribution < -0.4 is 5.32 Å². The van der Waals surface area contributed by atoms with Crippen molar-refractivity contribution < 1.29 is 19.1 Å². The van der Waals surface area contributed by atoms with E-state index in [2.05, 4.69) is 10.3 Å². The zero-order chi connectivity index (χ0) is 21.6. The average Bonchev–Trinajstić information content (AvgIpc) is 3.02. The number of hydrogen-bond donors (Lipinski definition) is 2. The zero-order valence-electron chi connectivity index (χ0n) is 17.7. The molecular formula is C22H29N3O4. The van der Waals surface area contributed by atoms with Gasteiger partial charge in [0.15, 0.2) is 0 Å². The van der Waals surface area contributed by atoms with Crippen LogP contribution in [-0.2, 0) is 9.53 Å². The summed E-state index contributed by atoms with van der Waals surface area (Å²) in [4.78, 5) is 42.8. The lowest BCUT2D eigenvalue weighted by Crippen LogP contribution is -2.33. The lowest BCUT2D eigenvalue weighted by Gasteiger charge is -2.10. The highest BCUT2D eigenvalue weighted by atomic mass is 16.5. The second-order valence-corrected chi connectivity index (χ2v) is 7.20. The van der Waals surface area contributed by atoms with Gasteiger partial charge in [-0.1, -0.05) is 29.8 Å². The molecule has 1 aromatic carbocycles. The molecule has 0 spiro atoms. The molecule has 0 saturated heterocycles. The van der Waals surface area contributed by atoms with Crippen LogP contribution in [0, 0.1) is 13.8 Å². The number of benzene rings is 1. The molecular weight excluding hydrogens is 370 g/mol. The van der Waals surface area contributed by atoms with Crippen molar-refractivity contribution in [2.45, 2.75) is 27.2 Å². The van der Waals surface area contributed by atoms with Gasteiger partial charge in [0.2, 0.25) is 0 Å². The number of amides is 1. The lowest BCUT2D eigenvalue weighted by atomic mass is 9.97. The minimum atomic E-state index is -0.705. The molecule has 0 saturated carbocycles. The fourth-order valence-electron chi connectivity index (χ4n) is 3.05. The van der Waals surface area contributed by atoms with Gasteiger partial charge in [0, 0.05) is 17.8 Å². The number of nitrogens with one attached hydrogen (secondary N) is 2. The van der Waals surface area contributed by atoms with Crippen LogP contribution in [0.4, 0.5) is 0 Å². The normalized spacial score (nSPS) is 10.8. The van der Waals surface area contributed by atoms with E-state index >= 15 is 0 Å². The van der Waals surface area contributed by atoms with Gasteiger partial charge in [0.25, 0.3) is 11.7 Å². The van der Waals surface area contributed by atoms with Crippen molar-refractivity contribution in [1.29, 1.82) is 0 Å². The summed E-state index contributed by atoms with van der Waals surface area (Å²) >= 11 is 0. The topological polar surface area (TPSA) is 91.5 Å². The molecule has 0 aliphatic rings. The third kappa shape index (κ3) is 5.54. The lowest BCUT2D eigenvalue weighted by molar-refractivity contribution is -0.117. The molecule has 0 fully saturated rings. The first kappa shape index (κ1) is 22.4. The highest BCUT2D eigenvalue weighted by Gasteiger charge is 2.29. The Hall–Kier alpha value is -2.93. The summed E-state index contributed by atoms with van der Waals surface area (Å²) in [6.07, 6.45) is 0.731. The summed E-state index contributed by atoms with van der Waals surface area (Å²) in [6.45, 7) is 6.78. The van der Waals surface area contributed by atoms with E-state index in [1.165, 1.54) is 0 Å². The van der Waals surface area contributed by atoms with E-state index in [1.807, 2.05) is 50.2 Å². The number of Topliss-reactive ketones (excluding diaryl/α,β-unsaturated/α-hetero) is 1. The second kappa shape index (κ2) is 10.0. The van der Waals surface area contributed by atoms with Crippen LogP contribution in [0.2, 0.25) is 0 Å². The number of ether oxygens (including phenoxy) is 1. The molecule has 0 bridgehead atoms. The fraction of sp³-hybridized carbons (Fsp3) is 0.409. The molecule has 2 rings (SSSR count). The number of hydrogen-bond acceptors (Lipinski definition) is 5. The van der Waals surface area contributed by atoms with Crippen LogP contribution >= 0.6 is 0 Å². The zero-order valence-corrected chi connectivity index (χ0v) is 17.7. The van der Waals surface area contributed by atoms with Gasteiger partial charge in [-0.15, -0.1) is 0 Å². The van der Waals surface area contributed by atoms with Crippen molar-refractivity contribution in [2.24, 2.45) is 0 Å². The first-order valence-corrected chi connectivity index (χ1v) is 9.70. The van der Waals surface area contributed by atoms with E-state index in [-0.39, 0.29) is 17.9 Å². The van der Waals surface area contributed by atoms with Crippen LogP contribution in [0.1, 0.15) is 45.4 Å². The number of carbonyl (C=O) groups excluding carboxylic acids is 3. The quantitative estimate of drug-likeness (QED) is 0.293. The molecule has 1 aromatic heterocycles. The van der Waals surface area contributed by atoms with E-state index in [9.17, 15) is 14.4 Å².